The Labute approximate surface area is 104 Å². The van der Waals surface area contributed by atoms with Crippen molar-refractivity contribution < 1.29 is 9.47 Å². The summed E-state index contributed by atoms with van der Waals surface area (Å²) in [5.41, 5.74) is 6.29. The second kappa shape index (κ2) is 5.65. The van der Waals surface area contributed by atoms with E-state index in [-0.39, 0.29) is 5.41 Å². The zero-order valence-corrected chi connectivity index (χ0v) is 11.2. The summed E-state index contributed by atoms with van der Waals surface area (Å²) in [5.74, 6) is 0. The molecule has 17 heavy (non-hydrogen) atoms. The molecule has 0 saturated carbocycles. The van der Waals surface area contributed by atoms with E-state index in [9.17, 15) is 0 Å². The summed E-state index contributed by atoms with van der Waals surface area (Å²) in [7, 11) is 0. The molecule has 4 nitrogen and oxygen atoms in total. The first-order chi connectivity index (χ1) is 8.15. The highest BCUT2D eigenvalue weighted by molar-refractivity contribution is 4.89. The molecule has 2 N–H and O–H groups in total. The van der Waals surface area contributed by atoms with Crippen LogP contribution in [0, 0.1) is 5.41 Å². The lowest BCUT2D eigenvalue weighted by molar-refractivity contribution is -0.0764. The molecular weight excluding hydrogens is 216 g/mol. The summed E-state index contributed by atoms with van der Waals surface area (Å²) in [4.78, 5) is 2.55. The lowest BCUT2D eigenvalue weighted by atomic mass is 9.79. The van der Waals surface area contributed by atoms with Crippen LogP contribution in [0.25, 0.3) is 0 Å². The number of nitrogens with zero attached hydrogens (tertiary/aromatic N) is 1. The maximum atomic E-state index is 6.02. The molecule has 2 aliphatic heterocycles. The van der Waals surface area contributed by atoms with Crippen molar-refractivity contribution in [3.8, 4) is 0 Å². The standard InChI is InChI=1S/C13H26N2O2/c1-11-8-17-12(2)7-15(11)10-13(9-14)3-5-16-6-4-13/h11-12H,3-10,14H2,1-2H3. The summed E-state index contributed by atoms with van der Waals surface area (Å²) in [6.07, 6.45) is 2.55. The largest absolute Gasteiger partial charge is 0.381 e. The van der Waals surface area contributed by atoms with Crippen LogP contribution in [-0.2, 0) is 9.47 Å². The average molecular weight is 242 g/mol. The molecule has 2 aliphatic rings. The van der Waals surface area contributed by atoms with Gasteiger partial charge in [0.25, 0.3) is 0 Å². The van der Waals surface area contributed by atoms with E-state index in [1.165, 1.54) is 0 Å². The van der Waals surface area contributed by atoms with Gasteiger partial charge in [-0.15, -0.1) is 0 Å². The molecule has 2 heterocycles. The van der Waals surface area contributed by atoms with Gasteiger partial charge in [0.1, 0.15) is 0 Å². The molecule has 0 aromatic rings. The van der Waals surface area contributed by atoms with E-state index in [4.69, 9.17) is 15.2 Å². The van der Waals surface area contributed by atoms with Crippen LogP contribution in [0.1, 0.15) is 26.7 Å². The van der Waals surface area contributed by atoms with Gasteiger partial charge >= 0.3 is 0 Å². The highest BCUT2D eigenvalue weighted by Gasteiger charge is 2.36. The van der Waals surface area contributed by atoms with Crippen LogP contribution in [-0.4, -0.2) is 56.5 Å². The molecule has 0 aliphatic carbocycles. The topological polar surface area (TPSA) is 47.7 Å². The number of hydrogen-bond acceptors (Lipinski definition) is 4. The Morgan fingerprint density at radius 1 is 1.29 bits per heavy atom. The Balaban J connectivity index is 1.96. The van der Waals surface area contributed by atoms with Gasteiger partial charge in [-0.3, -0.25) is 4.90 Å². The van der Waals surface area contributed by atoms with Crippen molar-refractivity contribution in [1.82, 2.24) is 4.90 Å². The summed E-state index contributed by atoms with van der Waals surface area (Å²) in [5, 5.41) is 0. The first-order valence-electron chi connectivity index (χ1n) is 6.79. The molecule has 100 valence electrons. The maximum absolute atomic E-state index is 6.02. The van der Waals surface area contributed by atoms with Crippen molar-refractivity contribution in [3.05, 3.63) is 0 Å². The van der Waals surface area contributed by atoms with Crippen LogP contribution in [0.2, 0.25) is 0 Å². The molecule has 0 aromatic carbocycles. The van der Waals surface area contributed by atoms with Crippen molar-refractivity contribution in [2.24, 2.45) is 11.1 Å². The third-order valence-electron chi connectivity index (χ3n) is 4.26. The van der Waals surface area contributed by atoms with Gasteiger partial charge in [0.15, 0.2) is 0 Å². The quantitative estimate of drug-likeness (QED) is 0.797. The molecule has 0 bridgehead atoms. The normalized spacial score (nSPS) is 34.8. The zero-order valence-electron chi connectivity index (χ0n) is 11.2. The molecule has 2 rings (SSSR count). The molecule has 4 heteroatoms. The van der Waals surface area contributed by atoms with Crippen LogP contribution < -0.4 is 5.73 Å². The second-order valence-electron chi connectivity index (χ2n) is 5.74. The first-order valence-corrected chi connectivity index (χ1v) is 6.79. The number of hydrogen-bond donors (Lipinski definition) is 1. The Morgan fingerprint density at radius 2 is 2.00 bits per heavy atom. The number of ether oxygens (including phenoxy) is 2. The van der Waals surface area contributed by atoms with Crippen LogP contribution in [0.5, 0.6) is 0 Å². The van der Waals surface area contributed by atoms with Gasteiger partial charge in [-0.25, -0.2) is 0 Å². The minimum absolute atomic E-state index is 0.267. The lowest BCUT2D eigenvalue weighted by Gasteiger charge is -2.45. The fourth-order valence-corrected chi connectivity index (χ4v) is 2.85. The first kappa shape index (κ1) is 13.3. The van der Waals surface area contributed by atoms with Gasteiger partial charge in [-0.05, 0) is 38.6 Å². The summed E-state index contributed by atoms with van der Waals surface area (Å²) in [6.45, 7) is 9.88. The summed E-state index contributed by atoms with van der Waals surface area (Å²) < 4.78 is 11.1. The molecule has 2 saturated heterocycles. The van der Waals surface area contributed by atoms with E-state index in [1.807, 2.05) is 0 Å². The number of rotatable bonds is 3. The molecule has 2 atom stereocenters. The molecule has 2 fully saturated rings. The number of nitrogens with two attached hydrogens (primary N) is 1. The highest BCUT2D eigenvalue weighted by atomic mass is 16.5. The summed E-state index contributed by atoms with van der Waals surface area (Å²) in [6, 6.07) is 0.512. The van der Waals surface area contributed by atoms with Crippen molar-refractivity contribution in [3.63, 3.8) is 0 Å². The van der Waals surface area contributed by atoms with Gasteiger partial charge in [-0.1, -0.05) is 0 Å². The Bertz CT molecular complexity index is 242. The Morgan fingerprint density at radius 3 is 2.65 bits per heavy atom. The van der Waals surface area contributed by atoms with E-state index >= 15 is 0 Å². The minimum atomic E-state index is 0.267. The monoisotopic (exact) mass is 242 g/mol. The third kappa shape index (κ3) is 3.19. The number of morpholine rings is 1. The Hall–Kier alpha value is -0.160. The van der Waals surface area contributed by atoms with Crippen molar-refractivity contribution in [2.75, 3.05) is 39.5 Å². The predicted molar refractivity (Wildman–Crippen MR) is 68.0 cm³/mol. The van der Waals surface area contributed by atoms with Gasteiger partial charge in [0, 0.05) is 32.3 Å². The summed E-state index contributed by atoms with van der Waals surface area (Å²) >= 11 is 0. The van der Waals surface area contributed by atoms with Crippen molar-refractivity contribution in [1.29, 1.82) is 0 Å². The molecule has 0 radical (unpaired) electrons. The SMILES string of the molecule is CC1CN(CC2(CN)CCOCC2)C(C)CO1. The Kier molecular flexibility index (Phi) is 4.42. The van der Waals surface area contributed by atoms with Crippen LogP contribution in [0.15, 0.2) is 0 Å². The smallest absolute Gasteiger partial charge is 0.0674 e. The molecular formula is C13H26N2O2. The van der Waals surface area contributed by atoms with Gasteiger partial charge < -0.3 is 15.2 Å². The van der Waals surface area contributed by atoms with E-state index < -0.39 is 0 Å². The average Bonchev–Trinajstić information content (AvgIpc) is 2.35. The van der Waals surface area contributed by atoms with E-state index in [0.717, 1.165) is 52.3 Å². The third-order valence-corrected chi connectivity index (χ3v) is 4.26. The van der Waals surface area contributed by atoms with Gasteiger partial charge in [0.05, 0.1) is 12.7 Å². The fraction of sp³-hybridized carbons (Fsp3) is 1.00. The molecule has 0 amide bonds. The van der Waals surface area contributed by atoms with E-state index in [0.29, 0.717) is 12.1 Å². The lowest BCUT2D eigenvalue weighted by Crippen LogP contribution is -2.54. The molecule has 2 unspecified atom stereocenters. The zero-order chi connectivity index (χ0) is 12.3. The maximum Gasteiger partial charge on any atom is 0.0674 e. The minimum Gasteiger partial charge on any atom is -0.381 e. The fourth-order valence-electron chi connectivity index (χ4n) is 2.85. The van der Waals surface area contributed by atoms with Crippen molar-refractivity contribution >= 4 is 0 Å². The second-order valence-corrected chi connectivity index (χ2v) is 5.74. The molecule has 0 aromatic heterocycles. The van der Waals surface area contributed by atoms with E-state index in [1.54, 1.807) is 0 Å². The van der Waals surface area contributed by atoms with Crippen LogP contribution in [0.4, 0.5) is 0 Å². The predicted octanol–water partition coefficient (Wildman–Crippen LogP) is 0.851. The van der Waals surface area contributed by atoms with Crippen molar-refractivity contribution in [2.45, 2.75) is 38.8 Å². The van der Waals surface area contributed by atoms with Crippen LogP contribution >= 0.6 is 0 Å². The highest BCUT2D eigenvalue weighted by Crippen LogP contribution is 2.31. The van der Waals surface area contributed by atoms with Crippen LogP contribution in [0.3, 0.4) is 0 Å². The van der Waals surface area contributed by atoms with Gasteiger partial charge in [-0.2, -0.15) is 0 Å². The molecule has 0 spiro atoms. The van der Waals surface area contributed by atoms with Gasteiger partial charge in [0.2, 0.25) is 0 Å². The van der Waals surface area contributed by atoms with E-state index in [2.05, 4.69) is 18.7 Å².